The highest BCUT2D eigenvalue weighted by molar-refractivity contribution is 7.21. The van der Waals surface area contributed by atoms with Crippen molar-refractivity contribution in [3.63, 3.8) is 0 Å². The van der Waals surface area contributed by atoms with Crippen LogP contribution in [0.4, 0.5) is 0 Å². The van der Waals surface area contributed by atoms with Crippen molar-refractivity contribution in [2.75, 3.05) is 6.54 Å². The summed E-state index contributed by atoms with van der Waals surface area (Å²) in [4.78, 5) is 25.3. The van der Waals surface area contributed by atoms with Crippen molar-refractivity contribution < 1.29 is 14.7 Å². The first-order chi connectivity index (χ1) is 10.1. The highest BCUT2D eigenvalue weighted by Crippen LogP contribution is 2.33. The SMILES string of the molecule is NC(=O)C1CCCN1Cc1c(C(=O)O)sc2ccccc12. The van der Waals surface area contributed by atoms with Gasteiger partial charge in [-0.2, -0.15) is 0 Å². The van der Waals surface area contributed by atoms with Crippen LogP contribution in [0.1, 0.15) is 28.1 Å². The van der Waals surface area contributed by atoms with Gasteiger partial charge in [-0.15, -0.1) is 11.3 Å². The second-order valence-corrected chi connectivity index (χ2v) is 6.29. The van der Waals surface area contributed by atoms with Crippen LogP contribution in [-0.2, 0) is 11.3 Å². The highest BCUT2D eigenvalue weighted by atomic mass is 32.1. The van der Waals surface area contributed by atoms with E-state index >= 15 is 0 Å². The molecule has 1 saturated heterocycles. The van der Waals surface area contributed by atoms with Crippen molar-refractivity contribution in [2.24, 2.45) is 5.73 Å². The lowest BCUT2D eigenvalue weighted by atomic mass is 10.1. The van der Waals surface area contributed by atoms with Crippen LogP contribution >= 0.6 is 11.3 Å². The van der Waals surface area contributed by atoms with Gasteiger partial charge >= 0.3 is 5.97 Å². The fourth-order valence-electron chi connectivity index (χ4n) is 2.97. The van der Waals surface area contributed by atoms with Crippen LogP contribution in [0.25, 0.3) is 10.1 Å². The number of nitrogens with zero attached hydrogens (tertiary/aromatic N) is 1. The number of fused-ring (bicyclic) bond motifs is 1. The number of carboxylic acid groups (broad SMARTS) is 1. The van der Waals surface area contributed by atoms with E-state index in [0.29, 0.717) is 11.4 Å². The first kappa shape index (κ1) is 14.0. The monoisotopic (exact) mass is 304 g/mol. The van der Waals surface area contributed by atoms with Crippen molar-refractivity contribution in [2.45, 2.75) is 25.4 Å². The normalized spacial score (nSPS) is 19.1. The summed E-state index contributed by atoms with van der Waals surface area (Å²) in [6.45, 7) is 1.23. The Labute approximate surface area is 126 Å². The van der Waals surface area contributed by atoms with E-state index < -0.39 is 5.97 Å². The van der Waals surface area contributed by atoms with E-state index in [0.717, 1.165) is 35.0 Å². The molecule has 0 radical (unpaired) electrons. The highest BCUT2D eigenvalue weighted by Gasteiger charge is 2.30. The molecule has 5 nitrogen and oxygen atoms in total. The number of carboxylic acids is 1. The predicted octanol–water partition coefficient (Wildman–Crippen LogP) is 2.05. The van der Waals surface area contributed by atoms with E-state index in [1.54, 1.807) is 0 Å². The van der Waals surface area contributed by atoms with Crippen LogP contribution in [0, 0.1) is 0 Å². The maximum absolute atomic E-state index is 11.5. The number of thiophene rings is 1. The van der Waals surface area contributed by atoms with Crippen LogP contribution in [-0.4, -0.2) is 34.5 Å². The summed E-state index contributed by atoms with van der Waals surface area (Å²) < 4.78 is 0.958. The molecular weight excluding hydrogens is 288 g/mol. The summed E-state index contributed by atoms with van der Waals surface area (Å²) in [5.74, 6) is -1.25. The van der Waals surface area contributed by atoms with Crippen molar-refractivity contribution in [1.29, 1.82) is 0 Å². The first-order valence-corrected chi connectivity index (χ1v) is 7.66. The van der Waals surface area contributed by atoms with Crippen molar-refractivity contribution in [3.8, 4) is 0 Å². The van der Waals surface area contributed by atoms with Crippen LogP contribution in [0.3, 0.4) is 0 Å². The van der Waals surface area contributed by atoms with E-state index in [1.165, 1.54) is 11.3 Å². The Hall–Kier alpha value is -1.92. The molecule has 1 aliphatic heterocycles. The molecule has 1 atom stereocenters. The number of amides is 1. The van der Waals surface area contributed by atoms with Gasteiger partial charge in [-0.1, -0.05) is 18.2 Å². The number of rotatable bonds is 4. The molecule has 1 fully saturated rings. The van der Waals surface area contributed by atoms with Crippen molar-refractivity contribution in [3.05, 3.63) is 34.7 Å². The number of carbonyl (C=O) groups is 2. The van der Waals surface area contributed by atoms with Crippen molar-refractivity contribution >= 4 is 33.3 Å². The standard InChI is InChI=1S/C15H16N2O3S/c16-14(18)11-5-3-7-17(11)8-10-9-4-1-2-6-12(9)21-13(10)15(19)20/h1-2,4,6,11H,3,5,7-8H2,(H2,16,18)(H,19,20). The summed E-state index contributed by atoms with van der Waals surface area (Å²) >= 11 is 1.28. The van der Waals surface area contributed by atoms with Gasteiger partial charge in [0.25, 0.3) is 0 Å². The Kier molecular flexibility index (Phi) is 3.65. The topological polar surface area (TPSA) is 83.6 Å². The third-order valence-corrected chi connectivity index (χ3v) is 5.15. The molecule has 0 saturated carbocycles. The molecule has 1 aliphatic rings. The van der Waals surface area contributed by atoms with Gasteiger partial charge in [-0.05, 0) is 36.4 Å². The number of benzene rings is 1. The Morgan fingerprint density at radius 2 is 2.14 bits per heavy atom. The van der Waals surface area contributed by atoms with Crippen molar-refractivity contribution in [1.82, 2.24) is 4.90 Å². The van der Waals surface area contributed by atoms with Gasteiger partial charge in [-0.3, -0.25) is 9.69 Å². The number of likely N-dealkylation sites (tertiary alicyclic amines) is 1. The number of primary amides is 1. The first-order valence-electron chi connectivity index (χ1n) is 6.85. The number of hydrogen-bond donors (Lipinski definition) is 2. The fourth-order valence-corrected chi connectivity index (χ4v) is 4.02. The average Bonchev–Trinajstić information content (AvgIpc) is 3.04. The fraction of sp³-hybridized carbons (Fsp3) is 0.333. The molecule has 3 rings (SSSR count). The number of hydrogen-bond acceptors (Lipinski definition) is 4. The van der Waals surface area contributed by atoms with Gasteiger partial charge in [-0.25, -0.2) is 4.79 Å². The van der Waals surface area contributed by atoms with Gasteiger partial charge in [0, 0.05) is 11.2 Å². The van der Waals surface area contributed by atoms with E-state index in [2.05, 4.69) is 0 Å². The zero-order valence-electron chi connectivity index (χ0n) is 11.4. The molecular formula is C15H16N2O3S. The van der Waals surface area contributed by atoms with E-state index in [1.807, 2.05) is 29.2 Å². The summed E-state index contributed by atoms with van der Waals surface area (Å²) in [5.41, 5.74) is 6.22. The van der Waals surface area contributed by atoms with Gasteiger partial charge in [0.05, 0.1) is 6.04 Å². The lowest BCUT2D eigenvalue weighted by Gasteiger charge is -2.21. The largest absolute Gasteiger partial charge is 0.477 e. The molecule has 1 amide bonds. The maximum Gasteiger partial charge on any atom is 0.346 e. The lowest BCUT2D eigenvalue weighted by Crippen LogP contribution is -2.39. The van der Waals surface area contributed by atoms with E-state index in [4.69, 9.17) is 5.73 Å². The summed E-state index contributed by atoms with van der Waals surface area (Å²) in [6.07, 6.45) is 1.66. The van der Waals surface area contributed by atoms with Crippen LogP contribution < -0.4 is 5.73 Å². The molecule has 1 unspecified atom stereocenters. The second-order valence-electron chi connectivity index (χ2n) is 5.24. The summed E-state index contributed by atoms with van der Waals surface area (Å²) in [6, 6.07) is 7.37. The van der Waals surface area contributed by atoms with Gasteiger partial charge in [0.1, 0.15) is 4.88 Å². The minimum absolute atomic E-state index is 0.287. The summed E-state index contributed by atoms with van der Waals surface area (Å²) in [5, 5.41) is 10.4. The molecule has 3 N–H and O–H groups in total. The van der Waals surface area contributed by atoms with E-state index in [-0.39, 0.29) is 11.9 Å². The van der Waals surface area contributed by atoms with Crippen LogP contribution in [0.15, 0.2) is 24.3 Å². The van der Waals surface area contributed by atoms with Gasteiger partial charge in [0.15, 0.2) is 0 Å². The molecule has 0 spiro atoms. The molecule has 0 aliphatic carbocycles. The third-order valence-electron chi connectivity index (χ3n) is 3.95. The van der Waals surface area contributed by atoms with Crippen LogP contribution in [0.5, 0.6) is 0 Å². The number of aromatic carboxylic acids is 1. The summed E-state index contributed by atoms with van der Waals surface area (Å²) in [7, 11) is 0. The maximum atomic E-state index is 11.5. The predicted molar refractivity (Wildman–Crippen MR) is 81.4 cm³/mol. The zero-order valence-corrected chi connectivity index (χ0v) is 12.2. The molecule has 0 bridgehead atoms. The minimum Gasteiger partial charge on any atom is -0.477 e. The minimum atomic E-state index is -0.916. The lowest BCUT2D eigenvalue weighted by molar-refractivity contribution is -0.122. The molecule has 110 valence electrons. The smallest absolute Gasteiger partial charge is 0.346 e. The number of carbonyl (C=O) groups excluding carboxylic acids is 1. The third kappa shape index (κ3) is 2.52. The Morgan fingerprint density at radius 1 is 1.38 bits per heavy atom. The molecule has 1 aromatic carbocycles. The molecule has 2 heterocycles. The Balaban J connectivity index is 2.01. The molecule has 6 heteroatoms. The molecule has 1 aromatic heterocycles. The van der Waals surface area contributed by atoms with Gasteiger partial charge < -0.3 is 10.8 Å². The average molecular weight is 304 g/mol. The zero-order chi connectivity index (χ0) is 15.0. The molecule has 2 aromatic rings. The van der Waals surface area contributed by atoms with E-state index in [9.17, 15) is 14.7 Å². The number of nitrogens with two attached hydrogens (primary N) is 1. The second kappa shape index (κ2) is 5.46. The van der Waals surface area contributed by atoms with Crippen LogP contribution in [0.2, 0.25) is 0 Å². The Bertz CT molecular complexity index is 710. The Morgan fingerprint density at radius 3 is 2.86 bits per heavy atom. The molecule has 21 heavy (non-hydrogen) atoms. The van der Waals surface area contributed by atoms with Gasteiger partial charge in [0.2, 0.25) is 5.91 Å². The quantitative estimate of drug-likeness (QED) is 0.905.